The van der Waals surface area contributed by atoms with E-state index in [0.717, 1.165) is 13.0 Å². The monoisotopic (exact) mass is 207 g/mol. The second-order valence-electron chi connectivity index (χ2n) is 3.46. The number of hydrogen-bond acceptors (Lipinski definition) is 2. The first kappa shape index (κ1) is 15.0. The third kappa shape index (κ3) is 6.61. The normalized spacial score (nSPS) is 10.2. The van der Waals surface area contributed by atoms with Gasteiger partial charge in [-0.05, 0) is 13.3 Å². The van der Waals surface area contributed by atoms with E-state index < -0.39 is 0 Å². The van der Waals surface area contributed by atoms with Crippen molar-refractivity contribution >= 4 is 5.97 Å². The number of rotatable bonds is 4. The number of quaternary nitrogens is 1. The smallest absolute Gasteiger partial charge is 0.392 e. The van der Waals surface area contributed by atoms with E-state index >= 15 is 0 Å². The molecule has 0 atom stereocenters. The average Bonchev–Trinajstić information content (AvgIpc) is 1.85. The van der Waals surface area contributed by atoms with Crippen LogP contribution in [-0.2, 0) is 9.63 Å². The maximum atomic E-state index is 11.1. The molecule has 0 bridgehead atoms. The second-order valence-corrected chi connectivity index (χ2v) is 3.46. The van der Waals surface area contributed by atoms with Crippen LogP contribution in [0.5, 0.6) is 0 Å². The van der Waals surface area contributed by atoms with Crippen LogP contribution in [0.4, 0.5) is 0 Å². The first-order chi connectivity index (χ1) is 5.39. The molecule has 0 N–H and O–H groups in total. The number of hydrogen-bond donors (Lipinski definition) is 0. The highest BCUT2D eigenvalue weighted by Gasteiger charge is 2.20. The summed E-state index contributed by atoms with van der Waals surface area (Å²) in [7, 11) is 3.70. The fraction of sp³-hybridized carbons (Fsp3) is 0.667. The highest BCUT2D eigenvalue weighted by molar-refractivity contribution is 5.86. The number of carbonyl (C=O) groups excluding carboxylic acids is 1. The molecule has 3 nitrogen and oxygen atoms in total. The molecule has 0 unspecified atom stereocenters. The van der Waals surface area contributed by atoms with Crippen LogP contribution in [0.3, 0.4) is 0 Å². The summed E-state index contributed by atoms with van der Waals surface area (Å²) in [6.45, 7) is 8.03. The van der Waals surface area contributed by atoms with E-state index in [0.29, 0.717) is 5.57 Å². The molecule has 4 heteroatoms. The van der Waals surface area contributed by atoms with Crippen LogP contribution in [0.1, 0.15) is 20.3 Å². The number of carbonyl (C=O) groups is 1. The predicted molar refractivity (Wildman–Crippen MR) is 48.2 cm³/mol. The van der Waals surface area contributed by atoms with Gasteiger partial charge in [0, 0.05) is 5.57 Å². The molecule has 78 valence electrons. The van der Waals surface area contributed by atoms with E-state index in [1.165, 1.54) is 0 Å². The molecule has 0 aliphatic carbocycles. The van der Waals surface area contributed by atoms with E-state index in [1.807, 2.05) is 14.1 Å². The lowest BCUT2D eigenvalue weighted by atomic mass is 10.4. The Morgan fingerprint density at radius 2 is 1.92 bits per heavy atom. The van der Waals surface area contributed by atoms with Gasteiger partial charge in [-0.15, -0.1) is 4.65 Å². The van der Waals surface area contributed by atoms with E-state index in [4.69, 9.17) is 4.84 Å². The van der Waals surface area contributed by atoms with Crippen molar-refractivity contribution in [2.45, 2.75) is 20.3 Å². The second kappa shape index (κ2) is 6.00. The first-order valence-corrected chi connectivity index (χ1v) is 4.11. The van der Waals surface area contributed by atoms with Crippen LogP contribution < -0.4 is 12.4 Å². The van der Waals surface area contributed by atoms with Crippen LogP contribution in [0.25, 0.3) is 0 Å². The number of hydroxylamine groups is 3. The van der Waals surface area contributed by atoms with Gasteiger partial charge in [0.25, 0.3) is 0 Å². The summed E-state index contributed by atoms with van der Waals surface area (Å²) in [5, 5.41) is 0. The van der Waals surface area contributed by atoms with Gasteiger partial charge in [-0.3, -0.25) is 4.84 Å². The van der Waals surface area contributed by atoms with Crippen molar-refractivity contribution in [2.75, 3.05) is 20.6 Å². The summed E-state index contributed by atoms with van der Waals surface area (Å²) in [4.78, 5) is 16.2. The summed E-state index contributed by atoms with van der Waals surface area (Å²) in [5.41, 5.74) is 0.442. The fourth-order valence-electron chi connectivity index (χ4n) is 0.887. The van der Waals surface area contributed by atoms with Gasteiger partial charge in [0.15, 0.2) is 0 Å². The van der Waals surface area contributed by atoms with Crippen LogP contribution in [0.15, 0.2) is 12.2 Å². The molecule has 0 rings (SSSR count). The summed E-state index contributed by atoms with van der Waals surface area (Å²) >= 11 is 0. The Kier molecular flexibility index (Phi) is 6.90. The minimum atomic E-state index is -0.326. The molecule has 0 radical (unpaired) electrons. The number of halogens is 1. The Morgan fingerprint density at radius 1 is 1.46 bits per heavy atom. The SMILES string of the molecule is C=C(C)C(=O)O[N+](C)(C)CCC.[Cl-]. The Morgan fingerprint density at radius 3 is 2.23 bits per heavy atom. The van der Waals surface area contributed by atoms with E-state index in [2.05, 4.69) is 13.5 Å². The third-order valence-corrected chi connectivity index (χ3v) is 1.44. The highest BCUT2D eigenvalue weighted by atomic mass is 35.5. The molecule has 0 aromatic heterocycles. The van der Waals surface area contributed by atoms with Crippen molar-refractivity contribution in [3.05, 3.63) is 12.2 Å². The van der Waals surface area contributed by atoms with Gasteiger partial charge in [0.1, 0.15) is 20.6 Å². The molecular weight excluding hydrogens is 190 g/mol. The molecular formula is C9H18ClNO2. The molecule has 0 aliphatic heterocycles. The van der Waals surface area contributed by atoms with Crippen molar-refractivity contribution < 1.29 is 26.7 Å². The molecule has 0 aromatic carbocycles. The maximum absolute atomic E-state index is 11.1. The van der Waals surface area contributed by atoms with Crippen LogP contribution in [0.2, 0.25) is 0 Å². The van der Waals surface area contributed by atoms with Gasteiger partial charge in [0.2, 0.25) is 0 Å². The Bertz CT molecular complexity index is 190. The maximum Gasteiger partial charge on any atom is 0.392 e. The van der Waals surface area contributed by atoms with Gasteiger partial charge >= 0.3 is 5.97 Å². The number of nitrogens with zero attached hydrogens (tertiary/aromatic N) is 1. The summed E-state index contributed by atoms with van der Waals surface area (Å²) in [6.07, 6.45) is 0.983. The van der Waals surface area contributed by atoms with Crippen molar-refractivity contribution in [2.24, 2.45) is 0 Å². The zero-order valence-corrected chi connectivity index (χ0v) is 9.52. The zero-order chi connectivity index (χ0) is 9.78. The van der Waals surface area contributed by atoms with Gasteiger partial charge in [-0.1, -0.05) is 13.5 Å². The first-order valence-electron chi connectivity index (χ1n) is 4.11. The molecule has 0 aliphatic rings. The highest BCUT2D eigenvalue weighted by Crippen LogP contribution is 2.04. The minimum Gasteiger partial charge on any atom is -1.00 e. The molecule has 0 saturated carbocycles. The van der Waals surface area contributed by atoms with Gasteiger partial charge in [0.05, 0.1) is 0 Å². The lowest BCUT2D eigenvalue weighted by Gasteiger charge is -2.25. The van der Waals surface area contributed by atoms with Crippen molar-refractivity contribution in [1.29, 1.82) is 0 Å². The Balaban J connectivity index is 0. The van der Waals surface area contributed by atoms with Gasteiger partial charge in [-0.2, -0.15) is 0 Å². The quantitative estimate of drug-likeness (QED) is 0.319. The van der Waals surface area contributed by atoms with E-state index in [1.54, 1.807) is 6.92 Å². The molecule has 13 heavy (non-hydrogen) atoms. The molecule has 0 aromatic rings. The van der Waals surface area contributed by atoms with Crippen molar-refractivity contribution in [3.63, 3.8) is 0 Å². The topological polar surface area (TPSA) is 26.3 Å². The van der Waals surface area contributed by atoms with Crippen LogP contribution in [0, 0.1) is 0 Å². The third-order valence-electron chi connectivity index (χ3n) is 1.44. The molecule has 0 heterocycles. The van der Waals surface area contributed by atoms with Crippen molar-refractivity contribution in [1.82, 2.24) is 0 Å². The van der Waals surface area contributed by atoms with E-state index in [-0.39, 0.29) is 23.0 Å². The fourth-order valence-corrected chi connectivity index (χ4v) is 0.887. The molecule has 0 amide bonds. The minimum absolute atomic E-state index is 0. The molecule has 0 spiro atoms. The summed E-state index contributed by atoms with van der Waals surface area (Å²) < 4.78 is 0.266. The molecule has 0 fully saturated rings. The van der Waals surface area contributed by atoms with E-state index in [9.17, 15) is 4.79 Å². The average molecular weight is 208 g/mol. The predicted octanol–water partition coefficient (Wildman–Crippen LogP) is -1.49. The zero-order valence-electron chi connectivity index (χ0n) is 8.76. The lowest BCUT2D eigenvalue weighted by Crippen LogP contribution is -3.00. The Labute approximate surface area is 86.3 Å². The lowest BCUT2D eigenvalue weighted by molar-refractivity contribution is -1.06. The summed E-state index contributed by atoms with van der Waals surface area (Å²) in [5.74, 6) is -0.326. The van der Waals surface area contributed by atoms with Crippen LogP contribution in [-0.4, -0.2) is 31.3 Å². The van der Waals surface area contributed by atoms with Gasteiger partial charge < -0.3 is 12.4 Å². The standard InChI is InChI=1S/C9H18NO2.ClH/c1-6-7-10(4,5)12-9(11)8(2)3;/h2,6-7H2,1,3-5H3;1H/q+1;/p-1. The Hall–Kier alpha value is -0.540. The van der Waals surface area contributed by atoms with Gasteiger partial charge in [-0.25, -0.2) is 4.79 Å². The molecule has 0 saturated heterocycles. The van der Waals surface area contributed by atoms with Crippen LogP contribution >= 0.6 is 0 Å². The summed E-state index contributed by atoms with van der Waals surface area (Å²) in [6, 6.07) is 0. The van der Waals surface area contributed by atoms with Crippen molar-refractivity contribution in [3.8, 4) is 0 Å². The largest absolute Gasteiger partial charge is 1.00 e.